The minimum atomic E-state index is -1.06. The molecule has 4 saturated heterocycles. The lowest BCUT2D eigenvalue weighted by Crippen LogP contribution is -2.50. The van der Waals surface area contributed by atoms with Gasteiger partial charge in [-0.1, -0.05) is 50.2 Å². The summed E-state index contributed by atoms with van der Waals surface area (Å²) in [5, 5.41) is 46.3. The normalized spacial score (nSPS) is 20.6. The van der Waals surface area contributed by atoms with E-state index < -0.39 is 54.0 Å². The van der Waals surface area contributed by atoms with Crippen molar-refractivity contribution in [2.75, 3.05) is 44.4 Å². The van der Waals surface area contributed by atoms with Crippen molar-refractivity contribution < 1.29 is 38.4 Å². The number of benzene rings is 3. The Morgan fingerprint density at radius 1 is 0.942 bits per heavy atom. The maximum Gasteiger partial charge on any atom is 0.319 e. The van der Waals surface area contributed by atoms with E-state index in [1.165, 1.54) is 15.6 Å². The quantitative estimate of drug-likeness (QED) is 0.0620. The van der Waals surface area contributed by atoms with Crippen LogP contribution in [0, 0.1) is 18.7 Å². The van der Waals surface area contributed by atoms with Crippen LogP contribution in [0.5, 0.6) is 11.8 Å². The Morgan fingerprint density at radius 2 is 1.76 bits per heavy atom. The number of rotatable bonds is 17. The Kier molecular flexibility index (Phi) is 14.2. The molecule has 446 valence electrons. The van der Waals surface area contributed by atoms with E-state index in [0.717, 1.165) is 24.2 Å². The molecule has 9 aromatic rings. The number of aryl methyl sites for hydroxylation is 1. The number of nitrogens with one attached hydrogen (secondary N) is 4. The van der Waals surface area contributed by atoms with E-state index in [-0.39, 0.29) is 83.5 Å². The summed E-state index contributed by atoms with van der Waals surface area (Å²) in [5.74, 6) is -1.17. The summed E-state index contributed by atoms with van der Waals surface area (Å²) in [7, 11) is 0. The summed E-state index contributed by atoms with van der Waals surface area (Å²) in [6.45, 7) is 9.87. The van der Waals surface area contributed by atoms with E-state index in [1.807, 2.05) is 67.9 Å². The Morgan fingerprint density at radius 3 is 2.49 bits per heavy atom. The number of aliphatic hydroxyl groups excluding tert-OH is 2. The van der Waals surface area contributed by atoms with Gasteiger partial charge in [0, 0.05) is 103 Å². The van der Waals surface area contributed by atoms with Crippen LogP contribution < -0.4 is 36.1 Å². The van der Waals surface area contributed by atoms with E-state index in [2.05, 4.69) is 35.8 Å². The molecule has 86 heavy (non-hydrogen) atoms. The molecule has 2 bridgehead atoms. The van der Waals surface area contributed by atoms with Gasteiger partial charge in [-0.2, -0.15) is 25.3 Å². The first-order chi connectivity index (χ1) is 41.7. The second-order valence-electron chi connectivity index (χ2n) is 23.9. The number of nitrogens with zero attached hydrogens (tertiary/aromatic N) is 10. The van der Waals surface area contributed by atoms with E-state index in [0.29, 0.717) is 113 Å². The fraction of sp³-hybridized carbons (Fsp3) is 0.435. The van der Waals surface area contributed by atoms with Crippen molar-refractivity contribution in [1.82, 2.24) is 64.8 Å². The van der Waals surface area contributed by atoms with Crippen LogP contribution in [0.1, 0.15) is 94.1 Å². The molecule has 14 rings (SSSR count). The highest BCUT2D eigenvalue weighted by Gasteiger charge is 2.45. The highest BCUT2D eigenvalue weighted by Crippen LogP contribution is 2.48. The first kappa shape index (κ1) is 55.3. The number of hydrogen-bond donors (Lipinski definition) is 6. The van der Waals surface area contributed by atoms with E-state index >= 15 is 9.18 Å². The van der Waals surface area contributed by atoms with Gasteiger partial charge in [-0.05, 0) is 79.5 Å². The molecule has 0 spiro atoms. The third kappa shape index (κ3) is 9.71. The maximum atomic E-state index is 16.3. The van der Waals surface area contributed by atoms with Gasteiger partial charge in [-0.25, -0.2) is 4.39 Å². The molecule has 5 fully saturated rings. The molecular weight excluding hydrogens is 1100 g/mol. The topological polar surface area (TPSA) is 278 Å². The van der Waals surface area contributed by atoms with Crippen LogP contribution in [-0.4, -0.2) is 146 Å². The number of anilines is 1. The molecule has 1 aliphatic carbocycles. The number of carbonyl (C=O) groups is 2. The van der Waals surface area contributed by atoms with Crippen molar-refractivity contribution in [3.63, 3.8) is 0 Å². The molecule has 1 saturated carbocycles. The van der Waals surface area contributed by atoms with E-state index in [1.54, 1.807) is 36.1 Å². The van der Waals surface area contributed by atoms with Crippen molar-refractivity contribution in [3.8, 4) is 34.3 Å². The molecule has 6 atom stereocenters. The fourth-order valence-corrected chi connectivity index (χ4v) is 13.4. The number of pyridine rings is 2. The van der Waals surface area contributed by atoms with E-state index in [4.69, 9.17) is 29.3 Å². The summed E-state index contributed by atoms with van der Waals surface area (Å²) >= 11 is 0. The summed E-state index contributed by atoms with van der Waals surface area (Å²) in [4.78, 5) is 75.5. The van der Waals surface area contributed by atoms with Gasteiger partial charge < -0.3 is 54.4 Å². The lowest BCUT2D eigenvalue weighted by molar-refractivity contribution is -0.142. The molecule has 6 aromatic heterocycles. The molecule has 23 nitrogen and oxygen atoms in total. The maximum absolute atomic E-state index is 16.3. The SMILES string of the molecule is CCn1nccc1-c1ccc([C@H](CO)NC(=O)[C@@H]2C[C@@H](O)CN2C(=O)[C@H](C(C)C)n2cc3c(n2)c(=O)[nH]c2cc(COc4c(-c5c(C)c(F)cc6[nH]ncc56)n(C5CC5)c(=O)c5c(N6C[C@@H]7C[C@H]6CN7)nc(OC6CCOCC6)nc45)ccc23)cc1. The largest absolute Gasteiger partial charge is 0.484 e. The second-order valence-corrected chi connectivity index (χ2v) is 23.9. The number of halogens is 1. The van der Waals surface area contributed by atoms with Crippen LogP contribution in [-0.2, 0) is 27.5 Å². The monoisotopic (exact) mass is 1170 g/mol. The number of likely N-dealkylation sites (tertiary alicyclic amines) is 1. The number of piperazine rings is 1. The number of fused-ring (bicyclic) bond motifs is 7. The number of amides is 2. The molecule has 2 amide bonds. The Balaban J connectivity index is 0.802. The highest BCUT2D eigenvalue weighted by atomic mass is 19.1. The molecule has 3 aromatic carbocycles. The predicted octanol–water partition coefficient (Wildman–Crippen LogP) is 5.89. The average Bonchev–Trinajstić information content (AvgIpc) is 1.41. The van der Waals surface area contributed by atoms with Gasteiger partial charge >= 0.3 is 6.01 Å². The first-order valence-corrected chi connectivity index (χ1v) is 29.8. The number of ether oxygens (including phenoxy) is 3. The van der Waals surface area contributed by atoms with Gasteiger partial charge in [0.25, 0.3) is 11.1 Å². The molecule has 10 heterocycles. The summed E-state index contributed by atoms with van der Waals surface area (Å²) in [6.07, 6.45) is 7.36. The summed E-state index contributed by atoms with van der Waals surface area (Å²) < 4.78 is 40.7. The second kappa shape index (κ2) is 22.0. The molecule has 0 unspecified atom stereocenters. The molecule has 6 N–H and O–H groups in total. The van der Waals surface area contributed by atoms with Gasteiger partial charge in [0.15, 0.2) is 11.3 Å². The van der Waals surface area contributed by atoms with Crippen LogP contribution in [0.15, 0.2) is 82.8 Å². The molecular formula is C62H67FN14O9. The molecule has 0 radical (unpaired) electrons. The number of carbonyl (C=O) groups excluding carboxylic acids is 2. The third-order valence-corrected chi connectivity index (χ3v) is 17.9. The van der Waals surface area contributed by atoms with Crippen molar-refractivity contribution in [1.29, 1.82) is 0 Å². The van der Waals surface area contributed by atoms with Crippen molar-refractivity contribution >= 4 is 61.2 Å². The van der Waals surface area contributed by atoms with Gasteiger partial charge in [0.1, 0.15) is 47.3 Å². The predicted molar refractivity (Wildman–Crippen MR) is 317 cm³/mol. The van der Waals surface area contributed by atoms with Gasteiger partial charge in [-0.3, -0.25) is 33.6 Å². The zero-order chi connectivity index (χ0) is 59.2. The fourth-order valence-electron chi connectivity index (χ4n) is 13.4. The van der Waals surface area contributed by atoms with Crippen LogP contribution in [0.4, 0.5) is 10.2 Å². The average molecular weight is 1170 g/mol. The van der Waals surface area contributed by atoms with Crippen molar-refractivity contribution in [3.05, 3.63) is 116 Å². The minimum absolute atomic E-state index is 0.0171. The van der Waals surface area contributed by atoms with Crippen LogP contribution in [0.2, 0.25) is 0 Å². The smallest absolute Gasteiger partial charge is 0.319 e. The number of aromatic nitrogens is 10. The number of H-pyrrole nitrogens is 2. The molecule has 24 heteroatoms. The Labute approximate surface area is 491 Å². The third-order valence-electron chi connectivity index (χ3n) is 17.9. The number of hydrogen-bond acceptors (Lipinski definition) is 16. The zero-order valence-corrected chi connectivity index (χ0v) is 48.1. The number of β-amino-alcohol motifs (C(OH)–C–C–N with tert-alkyl or cyclic N) is 1. The highest BCUT2D eigenvalue weighted by molar-refractivity contribution is 6.05. The first-order valence-electron chi connectivity index (χ1n) is 29.8. The van der Waals surface area contributed by atoms with Crippen molar-refractivity contribution in [2.24, 2.45) is 5.92 Å². The minimum Gasteiger partial charge on any atom is -0.484 e. The van der Waals surface area contributed by atoms with Crippen LogP contribution in [0.25, 0.3) is 66.1 Å². The van der Waals surface area contributed by atoms with Gasteiger partial charge in [-0.15, -0.1) is 0 Å². The van der Waals surface area contributed by atoms with Crippen molar-refractivity contribution in [2.45, 2.75) is 128 Å². The Bertz CT molecular complexity index is 4260. The molecule has 5 aliphatic rings. The standard InChI is InChI=1S/C62H67FN14O9/c1-5-75-48(14-17-66-75)35-9-7-34(8-10-35)47(29-78)68-58(80)49-22-39(79)27-74(49)61(83)54(31(2)3)76-28-43-41-13-6-33(20-45(41)67-59(81)52(43)72-76)30-85-56-53-51(57(73-26-36-21-38(73)24-64-36)70-62(69-53)86-40-15-18-84-19-16-40)60(82)77(37-11-12-37)55(56)50-32(4)44(63)23-46-42(50)25-65-71-46/h6-10,13-14,17,20,23,25,28,31,36-40,47,49,54,64,78-79H,5,11-12,15-16,18-19,21-22,24,26-27,29-30H2,1-4H3,(H,65,71)(H,67,81)(H,68,80)/t36-,38-,39+,47-,49-,54-/m0/s1. The number of aromatic amines is 2. The Hall–Kier alpha value is -8.58. The molecule has 4 aliphatic heterocycles. The van der Waals surface area contributed by atoms with Gasteiger partial charge in [0.05, 0.1) is 55.1 Å². The van der Waals surface area contributed by atoms with Gasteiger partial charge in [0.2, 0.25) is 11.8 Å². The number of aliphatic hydroxyl groups is 2. The summed E-state index contributed by atoms with van der Waals surface area (Å²) in [5.41, 5.74) is 4.66. The van der Waals surface area contributed by atoms with E-state index in [9.17, 15) is 24.6 Å². The summed E-state index contributed by atoms with van der Waals surface area (Å²) in [6, 6.07) is 13.6. The lowest BCUT2D eigenvalue weighted by atomic mass is 9.98. The van der Waals surface area contributed by atoms with Crippen LogP contribution >= 0.6 is 0 Å². The lowest BCUT2D eigenvalue weighted by Gasteiger charge is -2.31. The van der Waals surface area contributed by atoms with Crippen LogP contribution in [0.3, 0.4) is 0 Å². The zero-order valence-electron chi connectivity index (χ0n) is 48.1.